The number of ether oxygens (including phenoxy) is 2. The molecule has 266 valence electrons. The summed E-state index contributed by atoms with van der Waals surface area (Å²) in [5, 5.41) is 10.4. The number of allylic oxidation sites excluding steroid dienone is 2. The Balaban J connectivity index is 1.13. The molecule has 12 heteroatoms. The Bertz CT molecular complexity index is 1880. The van der Waals surface area contributed by atoms with Gasteiger partial charge in [-0.2, -0.15) is 0 Å². The number of amides is 1. The van der Waals surface area contributed by atoms with Crippen LogP contribution in [0.4, 0.5) is 10.6 Å². The first-order valence-corrected chi connectivity index (χ1v) is 18.1. The van der Waals surface area contributed by atoms with Crippen LogP contribution in [-0.2, 0) is 14.3 Å². The van der Waals surface area contributed by atoms with E-state index in [1.165, 1.54) is 11.1 Å². The topological polar surface area (TPSA) is 123 Å². The Hall–Kier alpha value is -4.32. The molecule has 2 unspecified atom stereocenters. The maximum atomic E-state index is 13.5. The minimum atomic E-state index is -1.12. The number of aryl methyl sites for hydroxylation is 4. The van der Waals surface area contributed by atoms with E-state index >= 15 is 0 Å². The van der Waals surface area contributed by atoms with Crippen LogP contribution in [0.25, 0.3) is 16.7 Å². The summed E-state index contributed by atoms with van der Waals surface area (Å²) in [5.41, 5.74) is 5.22. The number of hydrogen-bond donors (Lipinski definition) is 3. The van der Waals surface area contributed by atoms with Gasteiger partial charge in [0.05, 0.1) is 23.2 Å². The number of rotatable bonds is 8. The smallest absolute Gasteiger partial charge is 0.409 e. The molecule has 3 atom stereocenters. The van der Waals surface area contributed by atoms with Crippen molar-refractivity contribution in [3.05, 3.63) is 81.5 Å². The van der Waals surface area contributed by atoms with E-state index in [1.54, 1.807) is 20.8 Å². The Morgan fingerprint density at radius 3 is 2.46 bits per heavy atom. The molecule has 11 nitrogen and oxygen atoms in total. The third kappa shape index (κ3) is 7.40. The fourth-order valence-electron chi connectivity index (χ4n) is 7.17. The number of alkyl carbamates (subject to hydrolysis) is 1. The fraction of sp³-hybridized carbons (Fsp3) is 0.474. The van der Waals surface area contributed by atoms with Crippen LogP contribution in [0.1, 0.15) is 63.1 Å². The van der Waals surface area contributed by atoms with Gasteiger partial charge in [-0.1, -0.05) is 40.2 Å². The van der Waals surface area contributed by atoms with Crippen LogP contribution < -0.4 is 20.9 Å². The van der Waals surface area contributed by atoms with E-state index < -0.39 is 23.8 Å². The number of hydrogen-bond acceptors (Lipinski definition) is 9. The monoisotopic (exact) mass is 745 g/mol. The zero-order valence-electron chi connectivity index (χ0n) is 30.2. The predicted octanol–water partition coefficient (Wildman–Crippen LogP) is 6.56. The van der Waals surface area contributed by atoms with E-state index in [1.807, 2.05) is 25.3 Å². The molecular formula is C38H48BrN7O4. The van der Waals surface area contributed by atoms with E-state index in [2.05, 4.69) is 99.5 Å². The van der Waals surface area contributed by atoms with Crippen molar-refractivity contribution in [2.24, 2.45) is 11.8 Å². The average Bonchev–Trinajstić information content (AvgIpc) is 3.53. The second-order valence-electron chi connectivity index (χ2n) is 14.9. The number of fused-ring (bicyclic) bond motifs is 2. The predicted molar refractivity (Wildman–Crippen MR) is 199 cm³/mol. The van der Waals surface area contributed by atoms with Crippen molar-refractivity contribution in [2.45, 2.75) is 85.5 Å². The van der Waals surface area contributed by atoms with Crippen molar-refractivity contribution in [1.82, 2.24) is 30.5 Å². The van der Waals surface area contributed by atoms with Gasteiger partial charge in [0.2, 0.25) is 6.17 Å². The molecule has 3 aliphatic rings. The number of nitrogens with one attached hydrogen (secondary N) is 3. The Morgan fingerprint density at radius 2 is 1.78 bits per heavy atom. The molecule has 6 rings (SSSR count). The molecule has 0 saturated carbocycles. The molecule has 2 aliphatic heterocycles. The molecular weight excluding hydrogens is 698 g/mol. The van der Waals surface area contributed by atoms with Crippen LogP contribution in [0.2, 0.25) is 0 Å². The SMILES string of the molecule is Cc1nc(N2CCC(COC(=O)[C@@H](NC(=O)OC(C)(C)C)NC3=CNC4(C)C=CC=CC34)CC2)c2c(C)cn(-c3c(C)cc(Br)cc3C)c2n1. The molecule has 50 heavy (non-hydrogen) atoms. The van der Waals surface area contributed by atoms with Crippen LogP contribution in [0.15, 0.2) is 59.0 Å². The normalized spacial score (nSPS) is 21.0. The first-order chi connectivity index (χ1) is 23.6. The maximum absolute atomic E-state index is 13.5. The van der Waals surface area contributed by atoms with Crippen LogP contribution in [0, 0.1) is 39.5 Å². The minimum absolute atomic E-state index is 0.0343. The van der Waals surface area contributed by atoms with Crippen molar-refractivity contribution >= 4 is 44.8 Å². The number of piperidine rings is 1. The standard InChI is InChI=1S/C38H48BrN7O4/c1-22-17-27(39)18-23(2)31(22)46-20-24(3)30-33(41-25(4)42-34(30)46)45-15-12-26(13-16-45)21-49-35(47)32(44-36(48)50-37(5,6)7)43-29-19-40-38(8)14-10-9-11-28(29)38/h9-11,14,17-20,26,28,32,40,43H,12-13,15-16,21H2,1-8H3,(H,44,48)/t28?,32-,38?/m1/s1. The van der Waals surface area contributed by atoms with E-state index in [9.17, 15) is 9.59 Å². The molecule has 1 aromatic carbocycles. The van der Waals surface area contributed by atoms with Gasteiger partial charge in [0.15, 0.2) is 5.65 Å². The number of esters is 1. The van der Waals surface area contributed by atoms with Crippen molar-refractivity contribution in [3.63, 3.8) is 0 Å². The number of benzene rings is 1. The molecule has 4 heterocycles. The van der Waals surface area contributed by atoms with Gasteiger partial charge in [0, 0.05) is 41.6 Å². The highest BCUT2D eigenvalue weighted by atomic mass is 79.9. The summed E-state index contributed by atoms with van der Waals surface area (Å²) < 4.78 is 14.6. The summed E-state index contributed by atoms with van der Waals surface area (Å²) in [6.45, 7) is 17.5. The van der Waals surface area contributed by atoms with E-state index in [-0.39, 0.29) is 24.0 Å². The molecule has 0 spiro atoms. The maximum Gasteiger partial charge on any atom is 0.409 e. The highest BCUT2D eigenvalue weighted by Crippen LogP contribution is 2.36. The molecule has 1 fully saturated rings. The number of carbonyl (C=O) groups excluding carboxylic acids is 2. The van der Waals surface area contributed by atoms with Gasteiger partial charge in [-0.3, -0.25) is 5.32 Å². The summed E-state index contributed by atoms with van der Waals surface area (Å²) >= 11 is 3.63. The van der Waals surface area contributed by atoms with Gasteiger partial charge < -0.3 is 29.6 Å². The zero-order valence-corrected chi connectivity index (χ0v) is 31.8. The number of halogens is 1. The lowest BCUT2D eigenvalue weighted by molar-refractivity contribution is -0.148. The van der Waals surface area contributed by atoms with Crippen molar-refractivity contribution in [3.8, 4) is 5.69 Å². The van der Waals surface area contributed by atoms with Crippen LogP contribution >= 0.6 is 15.9 Å². The van der Waals surface area contributed by atoms with Crippen molar-refractivity contribution < 1.29 is 19.1 Å². The third-order valence-electron chi connectivity index (χ3n) is 9.58. The van der Waals surface area contributed by atoms with Crippen molar-refractivity contribution in [2.75, 3.05) is 24.6 Å². The number of carbonyl (C=O) groups is 2. The molecule has 1 amide bonds. The summed E-state index contributed by atoms with van der Waals surface area (Å²) in [7, 11) is 0. The Labute approximate surface area is 302 Å². The first kappa shape index (κ1) is 35.5. The van der Waals surface area contributed by atoms with Crippen LogP contribution in [-0.4, -0.2) is 63.6 Å². The van der Waals surface area contributed by atoms with Crippen LogP contribution in [0.3, 0.4) is 0 Å². The van der Waals surface area contributed by atoms with E-state index in [4.69, 9.17) is 19.4 Å². The van der Waals surface area contributed by atoms with Gasteiger partial charge in [0.1, 0.15) is 17.2 Å². The fourth-order valence-corrected chi connectivity index (χ4v) is 7.85. The quantitative estimate of drug-likeness (QED) is 0.174. The van der Waals surface area contributed by atoms with Crippen LogP contribution in [0.5, 0.6) is 0 Å². The molecule has 3 aromatic rings. The second-order valence-corrected chi connectivity index (χ2v) is 15.8. The summed E-state index contributed by atoms with van der Waals surface area (Å²) in [5.74, 6) is 1.23. The average molecular weight is 747 g/mol. The summed E-state index contributed by atoms with van der Waals surface area (Å²) in [4.78, 5) is 38.5. The molecule has 1 aliphatic carbocycles. The molecule has 0 radical (unpaired) electrons. The Morgan fingerprint density at radius 1 is 1.08 bits per heavy atom. The molecule has 1 saturated heterocycles. The van der Waals surface area contributed by atoms with E-state index in [0.717, 1.165) is 70.0 Å². The number of nitrogens with zero attached hydrogens (tertiary/aromatic N) is 4. The molecule has 0 bridgehead atoms. The summed E-state index contributed by atoms with van der Waals surface area (Å²) in [6, 6.07) is 4.26. The first-order valence-electron chi connectivity index (χ1n) is 17.3. The van der Waals surface area contributed by atoms with Gasteiger partial charge in [0.25, 0.3) is 0 Å². The van der Waals surface area contributed by atoms with Gasteiger partial charge in [-0.25, -0.2) is 19.6 Å². The number of aromatic nitrogens is 3. The van der Waals surface area contributed by atoms with E-state index in [0.29, 0.717) is 0 Å². The third-order valence-corrected chi connectivity index (χ3v) is 10.0. The lowest BCUT2D eigenvalue weighted by atomic mass is 9.83. The molecule has 3 N–H and O–H groups in total. The summed E-state index contributed by atoms with van der Waals surface area (Å²) in [6.07, 6.45) is 12.0. The highest BCUT2D eigenvalue weighted by molar-refractivity contribution is 9.10. The second kappa shape index (κ2) is 13.8. The lowest BCUT2D eigenvalue weighted by Gasteiger charge is -2.34. The minimum Gasteiger partial charge on any atom is -0.462 e. The van der Waals surface area contributed by atoms with Gasteiger partial charge in [-0.05, 0) is 103 Å². The van der Waals surface area contributed by atoms with Gasteiger partial charge in [-0.15, -0.1) is 0 Å². The molecule has 2 aromatic heterocycles. The zero-order chi connectivity index (χ0) is 36.0. The van der Waals surface area contributed by atoms with Gasteiger partial charge >= 0.3 is 12.1 Å². The lowest BCUT2D eigenvalue weighted by Crippen LogP contribution is -2.53. The van der Waals surface area contributed by atoms with Crippen molar-refractivity contribution in [1.29, 1.82) is 0 Å². The Kier molecular flexibility index (Phi) is 9.78. The largest absolute Gasteiger partial charge is 0.462 e. The number of anilines is 1. The highest BCUT2D eigenvalue weighted by Gasteiger charge is 2.40.